The quantitative estimate of drug-likeness (QED) is 0.776. The van der Waals surface area contributed by atoms with Gasteiger partial charge < -0.3 is 4.90 Å². The number of hydrogen-bond acceptors (Lipinski definition) is 2. The summed E-state index contributed by atoms with van der Waals surface area (Å²) in [5, 5.41) is 0. The number of benzene rings is 1. The normalized spacial score (nSPS) is 23.0. The van der Waals surface area contributed by atoms with E-state index >= 15 is 0 Å². The van der Waals surface area contributed by atoms with E-state index in [-0.39, 0.29) is 11.9 Å². The van der Waals surface area contributed by atoms with Crippen LogP contribution in [0, 0.1) is 0 Å². The Morgan fingerprint density at radius 1 is 1.24 bits per heavy atom. The highest BCUT2D eigenvalue weighted by atomic mass is 16.2. The summed E-state index contributed by atoms with van der Waals surface area (Å²) in [6, 6.07) is 11.4. The Balaban J connectivity index is 1.76. The first-order valence-electron chi connectivity index (χ1n) is 7.99. The van der Waals surface area contributed by atoms with Crippen LogP contribution in [0.3, 0.4) is 0 Å². The molecule has 21 heavy (non-hydrogen) atoms. The molecule has 112 valence electrons. The van der Waals surface area contributed by atoms with Crippen molar-refractivity contribution in [2.75, 3.05) is 19.6 Å². The van der Waals surface area contributed by atoms with E-state index in [9.17, 15) is 4.79 Å². The lowest BCUT2D eigenvalue weighted by Crippen LogP contribution is -2.51. The van der Waals surface area contributed by atoms with E-state index in [2.05, 4.69) is 40.6 Å². The first kappa shape index (κ1) is 14.3. The molecule has 1 heterocycles. The molecule has 1 aromatic rings. The van der Waals surface area contributed by atoms with Crippen molar-refractivity contribution in [1.82, 2.24) is 9.80 Å². The molecular weight excluding hydrogens is 260 g/mol. The molecule has 0 radical (unpaired) electrons. The van der Waals surface area contributed by atoms with E-state index in [1.54, 1.807) is 0 Å². The van der Waals surface area contributed by atoms with Crippen molar-refractivity contribution in [2.24, 2.45) is 0 Å². The average molecular weight is 284 g/mol. The highest BCUT2D eigenvalue weighted by Crippen LogP contribution is 2.33. The summed E-state index contributed by atoms with van der Waals surface area (Å²) in [6.07, 6.45) is 5.83. The van der Waals surface area contributed by atoms with Gasteiger partial charge in [0.25, 0.3) is 0 Å². The molecule has 1 unspecified atom stereocenters. The smallest absolute Gasteiger partial charge is 0.223 e. The first-order chi connectivity index (χ1) is 10.3. The lowest BCUT2D eigenvalue weighted by molar-refractivity contribution is -0.136. The third kappa shape index (κ3) is 3.35. The lowest BCUT2D eigenvalue weighted by atomic mass is 10.0. The van der Waals surface area contributed by atoms with Crippen LogP contribution >= 0.6 is 0 Å². The van der Waals surface area contributed by atoms with Gasteiger partial charge in [0, 0.05) is 32.1 Å². The van der Waals surface area contributed by atoms with Gasteiger partial charge in [0.2, 0.25) is 5.91 Å². The van der Waals surface area contributed by atoms with E-state index in [0.717, 1.165) is 32.1 Å². The van der Waals surface area contributed by atoms with Crippen LogP contribution in [0.15, 0.2) is 43.0 Å². The van der Waals surface area contributed by atoms with E-state index in [1.165, 1.54) is 18.4 Å². The van der Waals surface area contributed by atoms with Crippen molar-refractivity contribution in [3.63, 3.8) is 0 Å². The molecule has 1 aromatic carbocycles. The maximum atomic E-state index is 12.5. The fourth-order valence-electron chi connectivity index (χ4n) is 3.20. The van der Waals surface area contributed by atoms with Crippen molar-refractivity contribution in [2.45, 2.75) is 37.8 Å². The van der Waals surface area contributed by atoms with Crippen LogP contribution in [0.25, 0.3) is 0 Å². The van der Waals surface area contributed by atoms with Crippen LogP contribution in [0.2, 0.25) is 0 Å². The Bertz CT molecular complexity index is 495. The van der Waals surface area contributed by atoms with Gasteiger partial charge in [-0.2, -0.15) is 0 Å². The number of carbonyl (C=O) groups excluding carboxylic acids is 1. The minimum atomic E-state index is 0.206. The Morgan fingerprint density at radius 3 is 2.67 bits per heavy atom. The zero-order chi connectivity index (χ0) is 14.7. The fraction of sp³-hybridized carbons (Fsp3) is 0.500. The molecule has 2 aliphatic rings. The largest absolute Gasteiger partial charge is 0.333 e. The van der Waals surface area contributed by atoms with Crippen LogP contribution in [0.5, 0.6) is 0 Å². The van der Waals surface area contributed by atoms with E-state index < -0.39 is 0 Å². The van der Waals surface area contributed by atoms with Crippen LogP contribution in [0.4, 0.5) is 0 Å². The Kier molecular flexibility index (Phi) is 4.39. The molecule has 3 nitrogen and oxygen atoms in total. The van der Waals surface area contributed by atoms with Crippen LogP contribution < -0.4 is 0 Å². The van der Waals surface area contributed by atoms with Crippen molar-refractivity contribution < 1.29 is 4.79 Å². The third-order valence-corrected chi connectivity index (χ3v) is 4.54. The van der Waals surface area contributed by atoms with Gasteiger partial charge in [-0.3, -0.25) is 9.69 Å². The molecule has 1 atom stereocenters. The molecule has 1 saturated carbocycles. The third-order valence-electron chi connectivity index (χ3n) is 4.54. The summed E-state index contributed by atoms with van der Waals surface area (Å²) in [5.41, 5.74) is 1.26. The molecule has 0 spiro atoms. The summed E-state index contributed by atoms with van der Waals surface area (Å²) in [6.45, 7) is 6.58. The second-order valence-corrected chi connectivity index (χ2v) is 6.07. The van der Waals surface area contributed by atoms with Gasteiger partial charge in [-0.05, 0) is 24.8 Å². The van der Waals surface area contributed by atoms with Crippen molar-refractivity contribution >= 4 is 5.91 Å². The van der Waals surface area contributed by atoms with Crippen LogP contribution in [0.1, 0.15) is 37.3 Å². The second kappa shape index (κ2) is 6.44. The maximum absolute atomic E-state index is 12.5. The topological polar surface area (TPSA) is 23.6 Å². The van der Waals surface area contributed by atoms with Crippen molar-refractivity contribution in [1.29, 1.82) is 0 Å². The minimum Gasteiger partial charge on any atom is -0.333 e. The number of hydrogen-bond donors (Lipinski definition) is 0. The van der Waals surface area contributed by atoms with Crippen molar-refractivity contribution in [3.05, 3.63) is 48.6 Å². The summed E-state index contributed by atoms with van der Waals surface area (Å²) < 4.78 is 0. The van der Waals surface area contributed by atoms with Gasteiger partial charge in [0.1, 0.15) is 0 Å². The molecular formula is C18H24N2O. The van der Waals surface area contributed by atoms with E-state index in [1.807, 2.05) is 12.1 Å². The summed E-state index contributed by atoms with van der Waals surface area (Å²) in [5.74, 6) is 0.263. The predicted octanol–water partition coefficient (Wildman–Crippen LogP) is 3.00. The standard InChI is InChI=1S/C18H24N2O/c1-2-3-9-18(21)20-13-12-19(16-10-11-16)14-17(20)15-7-5-4-6-8-15/h2,4-8,16-17H,1,3,9-14H2. The molecule has 0 N–H and O–H groups in total. The van der Waals surface area contributed by atoms with Gasteiger partial charge >= 0.3 is 0 Å². The molecule has 3 heteroatoms. The molecule has 1 aliphatic heterocycles. The maximum Gasteiger partial charge on any atom is 0.223 e. The van der Waals surface area contributed by atoms with E-state index in [4.69, 9.17) is 0 Å². The van der Waals surface area contributed by atoms with Gasteiger partial charge in [-0.15, -0.1) is 6.58 Å². The Morgan fingerprint density at radius 2 is 2.00 bits per heavy atom. The van der Waals surface area contributed by atoms with Crippen LogP contribution in [-0.2, 0) is 4.79 Å². The highest BCUT2D eigenvalue weighted by Gasteiger charge is 2.37. The minimum absolute atomic E-state index is 0.206. The monoisotopic (exact) mass is 284 g/mol. The van der Waals surface area contributed by atoms with Gasteiger partial charge in [-0.25, -0.2) is 0 Å². The lowest BCUT2D eigenvalue weighted by Gasteiger charge is -2.42. The molecule has 0 aromatic heterocycles. The highest BCUT2D eigenvalue weighted by molar-refractivity contribution is 5.77. The zero-order valence-electron chi connectivity index (χ0n) is 12.6. The van der Waals surface area contributed by atoms with Crippen LogP contribution in [-0.4, -0.2) is 41.4 Å². The predicted molar refractivity (Wildman–Crippen MR) is 84.9 cm³/mol. The number of piperazine rings is 1. The molecule has 1 aliphatic carbocycles. The van der Waals surface area contributed by atoms with Gasteiger partial charge in [0.05, 0.1) is 6.04 Å². The fourth-order valence-corrected chi connectivity index (χ4v) is 3.20. The summed E-state index contributed by atoms with van der Waals surface area (Å²) >= 11 is 0. The van der Waals surface area contributed by atoms with Gasteiger partial charge in [0.15, 0.2) is 0 Å². The molecule has 1 saturated heterocycles. The molecule has 3 rings (SSSR count). The SMILES string of the molecule is C=CCCC(=O)N1CCN(C2CC2)CC1c1ccccc1. The summed E-state index contributed by atoms with van der Waals surface area (Å²) in [7, 11) is 0. The molecule has 2 fully saturated rings. The summed E-state index contributed by atoms with van der Waals surface area (Å²) in [4.78, 5) is 17.1. The second-order valence-electron chi connectivity index (χ2n) is 6.07. The Hall–Kier alpha value is -1.61. The molecule has 1 amide bonds. The number of nitrogens with zero attached hydrogens (tertiary/aromatic N) is 2. The average Bonchev–Trinajstić information content (AvgIpc) is 3.38. The zero-order valence-corrected chi connectivity index (χ0v) is 12.6. The number of rotatable bonds is 5. The molecule has 0 bridgehead atoms. The Labute approximate surface area is 127 Å². The first-order valence-corrected chi connectivity index (χ1v) is 7.99. The number of amides is 1. The van der Waals surface area contributed by atoms with Gasteiger partial charge in [-0.1, -0.05) is 36.4 Å². The number of allylic oxidation sites excluding steroid dienone is 1. The van der Waals surface area contributed by atoms with Crippen molar-refractivity contribution in [3.8, 4) is 0 Å². The van der Waals surface area contributed by atoms with E-state index in [0.29, 0.717) is 6.42 Å². The number of carbonyl (C=O) groups is 1.